The van der Waals surface area contributed by atoms with E-state index in [2.05, 4.69) is 26.6 Å². The van der Waals surface area contributed by atoms with Crippen molar-refractivity contribution in [3.05, 3.63) is 46.0 Å². The van der Waals surface area contributed by atoms with E-state index in [0.29, 0.717) is 30.7 Å². The van der Waals surface area contributed by atoms with Crippen molar-refractivity contribution in [2.24, 2.45) is 5.92 Å². The van der Waals surface area contributed by atoms with Gasteiger partial charge in [0.1, 0.15) is 12.4 Å². The second-order valence-corrected chi connectivity index (χ2v) is 7.76. The van der Waals surface area contributed by atoms with Gasteiger partial charge >= 0.3 is 5.97 Å². The van der Waals surface area contributed by atoms with Gasteiger partial charge in [-0.2, -0.15) is 0 Å². The van der Waals surface area contributed by atoms with E-state index in [1.165, 1.54) is 6.08 Å². The van der Waals surface area contributed by atoms with Crippen molar-refractivity contribution in [2.75, 3.05) is 19.8 Å². The molecule has 2 heterocycles. The number of ether oxygens (including phenoxy) is 2. The molecule has 8 heteroatoms. The van der Waals surface area contributed by atoms with Crippen LogP contribution in [-0.4, -0.2) is 43.6 Å². The summed E-state index contributed by atoms with van der Waals surface area (Å²) < 4.78 is 11.5. The van der Waals surface area contributed by atoms with Crippen LogP contribution >= 0.6 is 15.9 Å². The monoisotopic (exact) mass is 462 g/mol. The van der Waals surface area contributed by atoms with E-state index in [1.54, 1.807) is 19.1 Å². The molecule has 1 aromatic carbocycles. The zero-order valence-corrected chi connectivity index (χ0v) is 17.7. The molecule has 0 radical (unpaired) electrons. The molecule has 3 rings (SSSR count). The summed E-state index contributed by atoms with van der Waals surface area (Å²) in [6.07, 6.45) is 5.76. The molecule has 2 aliphatic rings. The fraction of sp³-hybridized carbons (Fsp3) is 0.381. The molecule has 0 unspecified atom stereocenters. The highest BCUT2D eigenvalue weighted by molar-refractivity contribution is 9.10. The fourth-order valence-corrected chi connectivity index (χ4v) is 3.67. The third kappa shape index (κ3) is 5.69. The van der Waals surface area contributed by atoms with Crippen LogP contribution < -0.4 is 15.4 Å². The highest BCUT2D eigenvalue weighted by atomic mass is 79.9. The Morgan fingerprint density at radius 1 is 1.45 bits per heavy atom. The lowest BCUT2D eigenvalue weighted by atomic mass is 9.97. The maximum absolute atomic E-state index is 12.8. The number of hydrogen-bond donors (Lipinski definition) is 2. The van der Waals surface area contributed by atoms with Crippen molar-refractivity contribution in [1.29, 1.82) is 0 Å². The number of benzene rings is 1. The van der Waals surface area contributed by atoms with Crippen LogP contribution in [0.4, 0.5) is 0 Å². The number of esters is 1. The maximum Gasteiger partial charge on any atom is 0.330 e. The zero-order valence-electron chi connectivity index (χ0n) is 16.1. The SMILES string of the molecule is CCOC(=O)C=C[C@H](C[C@@H]1CCNC1=O)NC(=O)C1=Cc2cc(Br)ccc2OC1. The van der Waals surface area contributed by atoms with Crippen molar-refractivity contribution in [3.8, 4) is 5.75 Å². The Bertz CT molecular complexity index is 865. The van der Waals surface area contributed by atoms with Gasteiger partial charge in [-0.15, -0.1) is 0 Å². The van der Waals surface area contributed by atoms with Gasteiger partial charge in [-0.3, -0.25) is 9.59 Å². The normalized spacial score (nSPS) is 19.0. The summed E-state index contributed by atoms with van der Waals surface area (Å²) >= 11 is 3.41. The maximum atomic E-state index is 12.8. The first-order chi connectivity index (χ1) is 14.0. The van der Waals surface area contributed by atoms with Crippen LogP contribution in [0.25, 0.3) is 6.08 Å². The molecule has 0 bridgehead atoms. The quantitative estimate of drug-likeness (QED) is 0.479. The molecule has 1 saturated heterocycles. The predicted octanol–water partition coefficient (Wildman–Crippen LogP) is 2.36. The molecule has 29 heavy (non-hydrogen) atoms. The Labute approximate surface area is 177 Å². The highest BCUT2D eigenvalue weighted by Gasteiger charge is 2.28. The Morgan fingerprint density at radius 3 is 3.00 bits per heavy atom. The number of rotatable bonds is 7. The lowest BCUT2D eigenvalue weighted by molar-refractivity contribution is -0.137. The summed E-state index contributed by atoms with van der Waals surface area (Å²) in [7, 11) is 0. The van der Waals surface area contributed by atoms with Crippen LogP contribution in [0.5, 0.6) is 5.75 Å². The van der Waals surface area contributed by atoms with Crippen LogP contribution in [0.1, 0.15) is 25.3 Å². The molecule has 7 nitrogen and oxygen atoms in total. The van der Waals surface area contributed by atoms with Gasteiger partial charge in [-0.05, 0) is 44.0 Å². The van der Waals surface area contributed by atoms with Gasteiger partial charge < -0.3 is 20.1 Å². The van der Waals surface area contributed by atoms with Crippen molar-refractivity contribution in [1.82, 2.24) is 10.6 Å². The smallest absolute Gasteiger partial charge is 0.330 e. The molecular formula is C21H23BrN2O5. The van der Waals surface area contributed by atoms with E-state index >= 15 is 0 Å². The van der Waals surface area contributed by atoms with E-state index < -0.39 is 12.0 Å². The van der Waals surface area contributed by atoms with E-state index in [0.717, 1.165) is 10.0 Å². The second-order valence-electron chi connectivity index (χ2n) is 6.84. The summed E-state index contributed by atoms with van der Waals surface area (Å²) in [6, 6.07) is 5.11. The topological polar surface area (TPSA) is 93.7 Å². The summed E-state index contributed by atoms with van der Waals surface area (Å²) in [5, 5.41) is 5.69. The van der Waals surface area contributed by atoms with Gasteiger partial charge in [-0.25, -0.2) is 4.79 Å². The van der Waals surface area contributed by atoms with E-state index in [-0.39, 0.29) is 30.9 Å². The first kappa shape index (κ1) is 21.1. The van der Waals surface area contributed by atoms with Crippen molar-refractivity contribution in [2.45, 2.75) is 25.8 Å². The van der Waals surface area contributed by atoms with Crippen LogP contribution in [0.15, 0.2) is 40.4 Å². The largest absolute Gasteiger partial charge is 0.488 e. The summed E-state index contributed by atoms with van der Waals surface area (Å²) in [4.78, 5) is 36.4. The van der Waals surface area contributed by atoms with E-state index in [1.807, 2.05) is 18.2 Å². The fourth-order valence-electron chi connectivity index (χ4n) is 3.29. The predicted molar refractivity (Wildman–Crippen MR) is 111 cm³/mol. The number of carbonyl (C=O) groups is 3. The molecule has 2 amide bonds. The molecule has 0 aromatic heterocycles. The molecule has 2 atom stereocenters. The van der Waals surface area contributed by atoms with Gasteiger partial charge in [0.25, 0.3) is 5.91 Å². The van der Waals surface area contributed by atoms with Gasteiger partial charge in [0.15, 0.2) is 0 Å². The Balaban J connectivity index is 1.72. The van der Waals surface area contributed by atoms with Gasteiger partial charge in [0.05, 0.1) is 12.2 Å². The summed E-state index contributed by atoms with van der Waals surface area (Å²) in [5.41, 5.74) is 1.28. The van der Waals surface area contributed by atoms with Crippen molar-refractivity contribution in [3.63, 3.8) is 0 Å². The first-order valence-corrected chi connectivity index (χ1v) is 10.3. The molecule has 2 N–H and O–H groups in total. The molecule has 1 aromatic rings. The molecule has 0 saturated carbocycles. The lowest BCUT2D eigenvalue weighted by Crippen LogP contribution is -2.38. The number of nitrogens with one attached hydrogen (secondary N) is 2. The third-order valence-electron chi connectivity index (χ3n) is 4.75. The van der Waals surface area contributed by atoms with Crippen molar-refractivity contribution < 1.29 is 23.9 Å². The average molecular weight is 463 g/mol. The Kier molecular flexibility index (Phi) is 7.09. The van der Waals surface area contributed by atoms with Crippen LogP contribution in [-0.2, 0) is 19.1 Å². The van der Waals surface area contributed by atoms with Crippen LogP contribution in [0, 0.1) is 5.92 Å². The molecule has 0 spiro atoms. The second kappa shape index (κ2) is 9.73. The average Bonchev–Trinajstić information content (AvgIpc) is 3.10. The standard InChI is InChI=1S/C21H23BrN2O5/c1-2-28-19(25)6-4-17(11-13-7-8-23-20(13)26)24-21(27)15-9-14-10-16(22)3-5-18(14)29-12-15/h3-6,9-10,13,17H,2,7-8,11-12H2,1H3,(H,23,26)(H,24,27)/t13-,17+/m0/s1. The van der Waals surface area contributed by atoms with Gasteiger partial charge in [0.2, 0.25) is 5.91 Å². The minimum absolute atomic E-state index is 0.0345. The van der Waals surface area contributed by atoms with Crippen molar-refractivity contribution >= 4 is 39.8 Å². The Hall–Kier alpha value is -2.61. The molecule has 1 fully saturated rings. The number of fused-ring (bicyclic) bond motifs is 1. The third-order valence-corrected chi connectivity index (χ3v) is 5.24. The highest BCUT2D eigenvalue weighted by Crippen LogP contribution is 2.29. The molecule has 0 aliphatic carbocycles. The van der Waals surface area contributed by atoms with Crippen LogP contribution in [0.3, 0.4) is 0 Å². The van der Waals surface area contributed by atoms with E-state index in [4.69, 9.17) is 9.47 Å². The summed E-state index contributed by atoms with van der Waals surface area (Å²) in [5.74, 6) is -0.312. The lowest BCUT2D eigenvalue weighted by Gasteiger charge is -2.21. The van der Waals surface area contributed by atoms with Gasteiger partial charge in [0, 0.05) is 34.6 Å². The number of amides is 2. The number of halogens is 1. The zero-order chi connectivity index (χ0) is 20.8. The van der Waals surface area contributed by atoms with Crippen LogP contribution in [0.2, 0.25) is 0 Å². The van der Waals surface area contributed by atoms with Gasteiger partial charge in [-0.1, -0.05) is 22.0 Å². The summed E-state index contributed by atoms with van der Waals surface area (Å²) in [6.45, 7) is 2.76. The Morgan fingerprint density at radius 2 is 2.28 bits per heavy atom. The minimum atomic E-state index is -0.485. The molecule has 2 aliphatic heterocycles. The first-order valence-electron chi connectivity index (χ1n) is 9.52. The minimum Gasteiger partial charge on any atom is -0.488 e. The molecular weight excluding hydrogens is 440 g/mol. The molecule has 154 valence electrons. The van der Waals surface area contributed by atoms with E-state index in [9.17, 15) is 14.4 Å². The number of carbonyl (C=O) groups excluding carboxylic acids is 3. The number of hydrogen-bond acceptors (Lipinski definition) is 5.